The number of phenolic OH excluding ortho intramolecular Hbond substituents is 1. The molecule has 1 saturated heterocycles. The molecule has 0 aliphatic carbocycles. The van der Waals surface area contributed by atoms with Crippen molar-refractivity contribution < 1.29 is 14.7 Å². The van der Waals surface area contributed by atoms with Crippen LogP contribution >= 0.6 is 0 Å². The summed E-state index contributed by atoms with van der Waals surface area (Å²) in [6.45, 7) is 2.20. The molecule has 146 valence electrons. The Bertz CT molecular complexity index is 566. The van der Waals surface area contributed by atoms with Crippen LogP contribution in [0.25, 0.3) is 0 Å². The van der Waals surface area contributed by atoms with Gasteiger partial charge in [-0.1, -0.05) is 51.2 Å². The largest absolute Gasteiger partial charge is 0.506 e. The van der Waals surface area contributed by atoms with Crippen molar-refractivity contribution in [2.24, 2.45) is 0 Å². The molecule has 0 spiro atoms. The second-order valence-corrected chi connectivity index (χ2v) is 7.27. The van der Waals surface area contributed by atoms with E-state index in [-0.39, 0.29) is 30.4 Å². The Kier molecular flexibility index (Phi) is 9.96. The zero-order chi connectivity index (χ0) is 19.5. The van der Waals surface area contributed by atoms with Gasteiger partial charge in [-0.2, -0.15) is 0 Å². The summed E-state index contributed by atoms with van der Waals surface area (Å²) >= 11 is 0. The molecule has 0 radical (unpaired) electrons. The van der Waals surface area contributed by atoms with Crippen LogP contribution in [0.5, 0.6) is 5.75 Å². The fourth-order valence-corrected chi connectivity index (χ4v) is 2.96. The number of phenols is 1. The first kappa shape index (κ1) is 22.2. The lowest BCUT2D eigenvalue weighted by Gasteiger charge is -2.19. The van der Waals surface area contributed by atoms with Crippen molar-refractivity contribution in [3.05, 3.63) is 23.8 Å². The van der Waals surface area contributed by atoms with E-state index in [9.17, 15) is 14.7 Å². The third-order valence-corrected chi connectivity index (χ3v) is 4.17. The predicted octanol–water partition coefficient (Wildman–Crippen LogP) is 4.13. The zero-order valence-corrected chi connectivity index (χ0v) is 16.8. The number of nitrogens with zero attached hydrogens (tertiary/aromatic N) is 2. The maximum atomic E-state index is 11.9. The molecule has 1 fully saturated rings. The zero-order valence-electron chi connectivity index (χ0n) is 16.8. The molecule has 0 unspecified atom stereocenters. The van der Waals surface area contributed by atoms with E-state index < -0.39 is 0 Å². The van der Waals surface area contributed by atoms with Crippen LogP contribution in [-0.2, 0) is 16.0 Å². The predicted molar refractivity (Wildman–Crippen MR) is 107 cm³/mol. The quantitative estimate of drug-likeness (QED) is 0.558. The first-order valence-electron chi connectivity index (χ1n) is 9.66. The number of carbonyl (C=O) groups is 2. The summed E-state index contributed by atoms with van der Waals surface area (Å²) in [6.07, 6.45) is 8.38. The van der Waals surface area contributed by atoms with Crippen molar-refractivity contribution >= 4 is 17.5 Å². The van der Waals surface area contributed by atoms with Crippen molar-refractivity contribution in [3.63, 3.8) is 0 Å². The molecule has 26 heavy (non-hydrogen) atoms. The fourth-order valence-electron chi connectivity index (χ4n) is 2.96. The molecule has 1 heterocycles. The highest BCUT2D eigenvalue weighted by Gasteiger charge is 2.33. The minimum Gasteiger partial charge on any atom is -0.506 e. The van der Waals surface area contributed by atoms with Gasteiger partial charge in [-0.3, -0.25) is 9.59 Å². The molecule has 1 aliphatic rings. The molecule has 1 N–H and O–H groups in total. The summed E-state index contributed by atoms with van der Waals surface area (Å²) in [5.41, 5.74) is 1.29. The van der Waals surface area contributed by atoms with Crippen molar-refractivity contribution in [3.8, 4) is 5.75 Å². The average Bonchev–Trinajstić information content (AvgIpc) is 2.89. The summed E-state index contributed by atoms with van der Waals surface area (Å²) in [5.74, 6) is -0.404. The van der Waals surface area contributed by atoms with Gasteiger partial charge in [-0.05, 0) is 45.6 Å². The average molecular weight is 363 g/mol. The highest BCUT2D eigenvalue weighted by atomic mass is 16.3. The second-order valence-electron chi connectivity index (χ2n) is 7.27. The maximum Gasteiger partial charge on any atom is 0.234 e. The smallest absolute Gasteiger partial charge is 0.234 e. The molecule has 2 amide bonds. The molecule has 5 heteroatoms. The molecular formula is C21H34N2O3. The van der Waals surface area contributed by atoms with E-state index >= 15 is 0 Å². The Morgan fingerprint density at radius 1 is 0.962 bits per heavy atom. The van der Waals surface area contributed by atoms with Crippen LogP contribution in [0, 0.1) is 0 Å². The van der Waals surface area contributed by atoms with Crippen molar-refractivity contribution in [2.75, 3.05) is 26.0 Å². The lowest BCUT2D eigenvalue weighted by molar-refractivity contribution is -0.121. The van der Waals surface area contributed by atoms with Crippen LogP contribution in [0.15, 0.2) is 18.2 Å². The third kappa shape index (κ3) is 7.16. The lowest BCUT2D eigenvalue weighted by Crippen LogP contribution is -2.29. The highest BCUT2D eigenvalue weighted by molar-refractivity contribution is 6.20. The summed E-state index contributed by atoms with van der Waals surface area (Å²) in [7, 11) is 6.00. The van der Waals surface area contributed by atoms with E-state index in [0.29, 0.717) is 5.69 Å². The van der Waals surface area contributed by atoms with E-state index in [1.165, 1.54) is 30.6 Å². The molecule has 1 aromatic carbocycles. The first-order chi connectivity index (χ1) is 12.4. The Hall–Kier alpha value is -1.88. The molecule has 0 bridgehead atoms. The molecule has 5 nitrogen and oxygen atoms in total. The molecular weight excluding hydrogens is 328 g/mol. The van der Waals surface area contributed by atoms with E-state index in [1.54, 1.807) is 12.1 Å². The van der Waals surface area contributed by atoms with Crippen LogP contribution in [0.1, 0.15) is 63.9 Å². The Morgan fingerprint density at radius 2 is 1.50 bits per heavy atom. The summed E-state index contributed by atoms with van der Waals surface area (Å²) < 4.78 is 0. The van der Waals surface area contributed by atoms with E-state index in [1.807, 2.05) is 32.1 Å². The number of anilines is 1. The summed E-state index contributed by atoms with van der Waals surface area (Å²) in [6, 6.07) is 5.22. The van der Waals surface area contributed by atoms with Gasteiger partial charge in [0.25, 0.3) is 0 Å². The van der Waals surface area contributed by atoms with Gasteiger partial charge in [0, 0.05) is 12.8 Å². The van der Waals surface area contributed by atoms with Gasteiger partial charge in [-0.25, -0.2) is 4.90 Å². The molecule has 0 saturated carbocycles. The fraction of sp³-hybridized carbons (Fsp3) is 0.619. The highest BCUT2D eigenvalue weighted by Crippen LogP contribution is 2.35. The van der Waals surface area contributed by atoms with Gasteiger partial charge in [0.2, 0.25) is 11.8 Å². The standard InChI is InChI=1S/C18H25NO3.C3H9N/c1-2-3-4-5-6-7-9-14-10-8-11-15(20)18(14)19-16(21)12-13-17(19)22;1-4(2)3/h8,10-11,20H,2-7,9,12-13H2,1H3;1-3H3. The number of aryl methyl sites for hydroxylation is 1. The van der Waals surface area contributed by atoms with Crippen LogP contribution in [-0.4, -0.2) is 43.0 Å². The third-order valence-electron chi connectivity index (χ3n) is 4.17. The monoisotopic (exact) mass is 362 g/mol. The Labute approximate surface area is 158 Å². The number of imide groups is 1. The normalized spacial score (nSPS) is 14.0. The van der Waals surface area contributed by atoms with Crippen molar-refractivity contribution in [2.45, 2.75) is 64.7 Å². The lowest BCUT2D eigenvalue weighted by atomic mass is 10.0. The molecule has 1 aromatic rings. The topological polar surface area (TPSA) is 60.9 Å². The second kappa shape index (κ2) is 11.7. The van der Waals surface area contributed by atoms with E-state index in [4.69, 9.17) is 0 Å². The molecule has 1 aliphatic heterocycles. The van der Waals surface area contributed by atoms with Crippen LogP contribution in [0.2, 0.25) is 0 Å². The first-order valence-corrected chi connectivity index (χ1v) is 9.66. The number of para-hydroxylation sites is 1. The van der Waals surface area contributed by atoms with Gasteiger partial charge in [0.15, 0.2) is 0 Å². The van der Waals surface area contributed by atoms with Gasteiger partial charge >= 0.3 is 0 Å². The number of amides is 2. The van der Waals surface area contributed by atoms with E-state index in [0.717, 1.165) is 24.8 Å². The number of aromatic hydroxyl groups is 1. The molecule has 2 rings (SSSR count). The van der Waals surface area contributed by atoms with Gasteiger partial charge in [0.05, 0.1) is 5.69 Å². The number of unbranched alkanes of at least 4 members (excludes halogenated alkanes) is 5. The van der Waals surface area contributed by atoms with Crippen LogP contribution in [0.4, 0.5) is 5.69 Å². The minimum absolute atomic E-state index is 0.0204. The number of rotatable bonds is 8. The Balaban J connectivity index is 0.000000765. The number of hydrogen-bond donors (Lipinski definition) is 1. The van der Waals surface area contributed by atoms with Crippen LogP contribution < -0.4 is 4.90 Å². The summed E-state index contributed by atoms with van der Waals surface area (Å²) in [4.78, 5) is 27.0. The minimum atomic E-state index is -0.212. The number of benzene rings is 1. The SMILES string of the molecule is CCCCCCCCc1cccc(O)c1N1C(=O)CCC1=O.CN(C)C. The van der Waals surface area contributed by atoms with E-state index in [2.05, 4.69) is 6.92 Å². The van der Waals surface area contributed by atoms with Gasteiger partial charge in [0.1, 0.15) is 5.75 Å². The summed E-state index contributed by atoms with van der Waals surface area (Å²) in [5, 5.41) is 10.1. The van der Waals surface area contributed by atoms with Gasteiger partial charge in [-0.15, -0.1) is 0 Å². The molecule has 0 aromatic heterocycles. The maximum absolute atomic E-state index is 11.9. The molecule has 0 atom stereocenters. The van der Waals surface area contributed by atoms with Crippen LogP contribution in [0.3, 0.4) is 0 Å². The van der Waals surface area contributed by atoms with Gasteiger partial charge < -0.3 is 10.0 Å². The number of hydrogen-bond acceptors (Lipinski definition) is 4. The Morgan fingerprint density at radius 3 is 2.08 bits per heavy atom. The van der Waals surface area contributed by atoms with Crippen molar-refractivity contribution in [1.82, 2.24) is 4.90 Å². The van der Waals surface area contributed by atoms with Crippen molar-refractivity contribution in [1.29, 1.82) is 0 Å². The number of carbonyl (C=O) groups excluding carboxylic acids is 2.